The van der Waals surface area contributed by atoms with Crippen molar-refractivity contribution in [3.63, 3.8) is 0 Å². The number of anilines is 2. The topological polar surface area (TPSA) is 98.7 Å². The molecule has 3 fully saturated rings. The Hall–Kier alpha value is -2.88. The van der Waals surface area contributed by atoms with E-state index in [1.807, 2.05) is 72.8 Å². The first kappa shape index (κ1) is 27.3. The van der Waals surface area contributed by atoms with Gasteiger partial charge in [0.15, 0.2) is 0 Å². The number of hydrogen-bond acceptors (Lipinski definition) is 5. The van der Waals surface area contributed by atoms with Crippen LogP contribution in [0.15, 0.2) is 72.8 Å². The highest BCUT2D eigenvalue weighted by atomic mass is 79.9. The smallest absolute Gasteiger partial charge is 0.248 e. The first-order valence-electron chi connectivity index (χ1n) is 13.8. The highest BCUT2D eigenvalue weighted by Gasteiger charge is 2.75. The molecule has 9 heteroatoms. The van der Waals surface area contributed by atoms with Crippen LogP contribution in [0, 0.1) is 11.8 Å². The van der Waals surface area contributed by atoms with Crippen molar-refractivity contribution in [3.05, 3.63) is 72.8 Å². The van der Waals surface area contributed by atoms with Gasteiger partial charge in [0.1, 0.15) is 6.04 Å². The summed E-state index contributed by atoms with van der Waals surface area (Å²) in [5.74, 6) is -1.64. The highest BCUT2D eigenvalue weighted by Crippen LogP contribution is 2.67. The van der Waals surface area contributed by atoms with Crippen LogP contribution in [0.2, 0.25) is 0 Å². The Bertz CT molecular complexity index is 1440. The third-order valence-corrected chi connectivity index (χ3v) is 11.7. The number of carbonyl (C=O) groups is 3. The Morgan fingerprint density at radius 1 is 0.925 bits per heavy atom. The SMILES string of the molecule is O=C(Nc1ccc2ccccc2c1)C1N(CCCCCO)C(=O)[C@@H]2[C@@H](C(=O)Nc3ccccc3)[C@@H]3SC12CC3Br. The van der Waals surface area contributed by atoms with Crippen molar-refractivity contribution < 1.29 is 19.5 Å². The molecule has 3 amide bonds. The van der Waals surface area contributed by atoms with Crippen LogP contribution in [-0.2, 0) is 14.4 Å². The lowest BCUT2D eigenvalue weighted by Crippen LogP contribution is -2.52. The third kappa shape index (κ3) is 4.72. The maximum absolute atomic E-state index is 14.1. The van der Waals surface area contributed by atoms with Crippen molar-refractivity contribution >= 4 is 67.6 Å². The van der Waals surface area contributed by atoms with Crippen molar-refractivity contribution in [1.82, 2.24) is 4.90 Å². The number of nitrogens with zero attached hydrogens (tertiary/aromatic N) is 1. The number of rotatable bonds is 9. The molecule has 40 heavy (non-hydrogen) atoms. The fourth-order valence-corrected chi connectivity index (χ4v) is 10.4. The Morgan fingerprint density at radius 3 is 2.42 bits per heavy atom. The fourth-order valence-electron chi connectivity index (χ4n) is 6.77. The fraction of sp³-hybridized carbons (Fsp3) is 0.387. The van der Waals surface area contributed by atoms with E-state index in [2.05, 4.69) is 26.6 Å². The van der Waals surface area contributed by atoms with Crippen molar-refractivity contribution in [3.8, 4) is 0 Å². The molecule has 3 saturated heterocycles. The lowest BCUT2D eigenvalue weighted by molar-refractivity contribution is -0.138. The van der Waals surface area contributed by atoms with Crippen LogP contribution in [0.5, 0.6) is 0 Å². The van der Waals surface area contributed by atoms with E-state index >= 15 is 0 Å². The van der Waals surface area contributed by atoms with Gasteiger partial charge in [-0.2, -0.15) is 0 Å². The lowest BCUT2D eigenvalue weighted by Gasteiger charge is -2.35. The standard InChI is InChI=1S/C31H32BrN3O4S/c32-23-18-31-25(24(26(23)40-31)28(37)33-21-11-3-1-4-12-21)30(39)35(15-7-2-8-16-36)27(31)29(38)34-22-14-13-19-9-5-6-10-20(19)17-22/h1,3-6,9-14,17,23-27,36H,2,7-8,15-16,18H2,(H,33,37)(H,34,38)/t23?,24-,25+,26-,27?,31?/m1/s1. The number of thioether (sulfide) groups is 1. The number of fused-ring (bicyclic) bond motifs is 2. The molecule has 3 aliphatic heterocycles. The summed E-state index contributed by atoms with van der Waals surface area (Å²) in [7, 11) is 0. The summed E-state index contributed by atoms with van der Waals surface area (Å²) < 4.78 is -0.702. The molecule has 2 bridgehead atoms. The number of amides is 3. The number of carbonyl (C=O) groups excluding carboxylic acids is 3. The molecule has 1 spiro atoms. The predicted octanol–water partition coefficient (Wildman–Crippen LogP) is 5.04. The zero-order valence-corrected chi connectivity index (χ0v) is 24.4. The first-order valence-corrected chi connectivity index (χ1v) is 15.6. The summed E-state index contributed by atoms with van der Waals surface area (Å²) in [6, 6.07) is 22.4. The van der Waals surface area contributed by atoms with E-state index in [9.17, 15) is 19.5 Å². The van der Waals surface area contributed by atoms with Crippen LogP contribution in [0.1, 0.15) is 25.7 Å². The van der Waals surface area contributed by atoms with Gasteiger partial charge < -0.3 is 20.6 Å². The average molecular weight is 623 g/mol. The normalized spacial score (nSPS) is 28.6. The van der Waals surface area contributed by atoms with Crippen LogP contribution in [-0.4, -0.2) is 61.7 Å². The highest BCUT2D eigenvalue weighted by molar-refractivity contribution is 9.09. The number of benzene rings is 3. The van der Waals surface area contributed by atoms with Gasteiger partial charge in [0, 0.05) is 34.6 Å². The molecule has 3 aromatic rings. The maximum atomic E-state index is 14.1. The summed E-state index contributed by atoms with van der Waals surface area (Å²) in [6.45, 7) is 0.509. The van der Waals surface area contributed by atoms with E-state index in [0.717, 1.165) is 17.2 Å². The number of unbranched alkanes of at least 4 members (excludes halogenated alkanes) is 2. The number of para-hydroxylation sites is 1. The van der Waals surface area contributed by atoms with Crippen LogP contribution in [0.4, 0.5) is 11.4 Å². The molecule has 3 N–H and O–H groups in total. The van der Waals surface area contributed by atoms with Gasteiger partial charge in [-0.05, 0) is 60.7 Å². The van der Waals surface area contributed by atoms with Crippen molar-refractivity contribution in [1.29, 1.82) is 0 Å². The number of aliphatic hydroxyl groups is 1. The van der Waals surface area contributed by atoms with E-state index in [-0.39, 0.29) is 34.4 Å². The van der Waals surface area contributed by atoms with Gasteiger partial charge in [-0.3, -0.25) is 14.4 Å². The zero-order chi connectivity index (χ0) is 27.9. The average Bonchev–Trinajstić information content (AvgIpc) is 3.55. The van der Waals surface area contributed by atoms with Gasteiger partial charge in [-0.15, -0.1) is 11.8 Å². The van der Waals surface area contributed by atoms with Gasteiger partial charge in [0.25, 0.3) is 0 Å². The quantitative estimate of drug-likeness (QED) is 0.230. The number of hydrogen-bond donors (Lipinski definition) is 3. The van der Waals surface area contributed by atoms with E-state index in [4.69, 9.17) is 0 Å². The summed E-state index contributed by atoms with van der Waals surface area (Å²) in [5.41, 5.74) is 1.37. The van der Waals surface area contributed by atoms with Crippen molar-refractivity contribution in [2.45, 2.75) is 46.5 Å². The molecule has 3 unspecified atom stereocenters. The second kappa shape index (κ2) is 11.2. The molecular weight excluding hydrogens is 590 g/mol. The van der Waals surface area contributed by atoms with Crippen molar-refractivity contribution in [2.75, 3.05) is 23.8 Å². The molecule has 0 radical (unpaired) electrons. The Balaban J connectivity index is 1.32. The molecule has 208 valence electrons. The summed E-state index contributed by atoms with van der Waals surface area (Å²) >= 11 is 5.45. The van der Waals surface area contributed by atoms with Gasteiger partial charge in [0.2, 0.25) is 17.7 Å². The third-order valence-electron chi connectivity index (χ3n) is 8.46. The van der Waals surface area contributed by atoms with Crippen molar-refractivity contribution in [2.24, 2.45) is 11.8 Å². The van der Waals surface area contributed by atoms with Crippen LogP contribution in [0.3, 0.4) is 0 Å². The molecule has 0 aliphatic carbocycles. The Kier molecular flexibility index (Phi) is 7.63. The van der Waals surface area contributed by atoms with E-state index in [0.29, 0.717) is 37.2 Å². The minimum atomic E-state index is -0.702. The minimum absolute atomic E-state index is 0.0124. The molecule has 3 aromatic carbocycles. The molecule has 6 atom stereocenters. The second-order valence-corrected chi connectivity index (χ2v) is 13.6. The number of alkyl halides is 1. The molecule has 0 aromatic heterocycles. The molecule has 7 nitrogen and oxygen atoms in total. The molecular formula is C31H32BrN3O4S. The Morgan fingerprint density at radius 2 is 1.65 bits per heavy atom. The van der Waals surface area contributed by atoms with E-state index in [1.54, 1.807) is 16.7 Å². The summed E-state index contributed by atoms with van der Waals surface area (Å²) in [4.78, 5) is 43.7. The number of likely N-dealkylation sites (tertiary alicyclic amines) is 1. The van der Waals surface area contributed by atoms with Crippen LogP contribution in [0.25, 0.3) is 10.8 Å². The maximum Gasteiger partial charge on any atom is 0.248 e. The van der Waals surface area contributed by atoms with Crippen LogP contribution >= 0.6 is 27.7 Å². The number of aliphatic hydroxyl groups excluding tert-OH is 1. The zero-order valence-electron chi connectivity index (χ0n) is 22.0. The van der Waals surface area contributed by atoms with E-state index in [1.165, 1.54) is 0 Å². The summed E-state index contributed by atoms with van der Waals surface area (Å²) in [6.07, 6.45) is 2.72. The lowest BCUT2D eigenvalue weighted by atomic mass is 9.70. The van der Waals surface area contributed by atoms with Gasteiger partial charge in [-0.25, -0.2) is 0 Å². The summed E-state index contributed by atoms with van der Waals surface area (Å²) in [5, 5.41) is 17.4. The molecule has 3 heterocycles. The predicted molar refractivity (Wildman–Crippen MR) is 163 cm³/mol. The number of nitrogens with one attached hydrogen (secondary N) is 2. The monoisotopic (exact) mass is 621 g/mol. The van der Waals surface area contributed by atoms with Gasteiger partial charge in [0.05, 0.1) is 16.6 Å². The van der Waals surface area contributed by atoms with Gasteiger partial charge >= 0.3 is 0 Å². The minimum Gasteiger partial charge on any atom is -0.396 e. The van der Waals surface area contributed by atoms with E-state index < -0.39 is 22.6 Å². The molecule has 0 saturated carbocycles. The van der Waals surface area contributed by atoms with Crippen LogP contribution < -0.4 is 10.6 Å². The molecule has 3 aliphatic rings. The number of halogens is 1. The second-order valence-electron chi connectivity index (χ2n) is 10.9. The largest absolute Gasteiger partial charge is 0.396 e. The Labute approximate surface area is 246 Å². The molecule has 6 rings (SSSR count). The van der Waals surface area contributed by atoms with Gasteiger partial charge in [-0.1, -0.05) is 64.5 Å². The first-order chi connectivity index (χ1) is 19.4.